The molecule has 1 fully saturated rings. The van der Waals surface area contributed by atoms with Crippen LogP contribution in [0.15, 0.2) is 0 Å². The molecule has 104 valence electrons. The Hall–Kier alpha value is -1.26. The molecular weight excluding hydrogens is 232 g/mol. The molecule has 2 amide bonds. The van der Waals surface area contributed by atoms with Crippen LogP contribution in [0.2, 0.25) is 0 Å². The molecule has 18 heavy (non-hydrogen) atoms. The first kappa shape index (κ1) is 14.8. The molecule has 0 unspecified atom stereocenters. The largest absolute Gasteiger partial charge is 0.444 e. The van der Waals surface area contributed by atoms with Crippen LogP contribution in [0, 0.1) is 5.92 Å². The summed E-state index contributed by atoms with van der Waals surface area (Å²) in [7, 11) is 0. The maximum Gasteiger partial charge on any atom is 0.408 e. The van der Waals surface area contributed by atoms with Crippen LogP contribution in [0.5, 0.6) is 0 Å². The van der Waals surface area contributed by atoms with Crippen LogP contribution < -0.4 is 11.1 Å². The van der Waals surface area contributed by atoms with E-state index >= 15 is 0 Å². The molecule has 0 aromatic carbocycles. The average Bonchev–Trinajstić information content (AvgIpc) is 2.18. The number of hydrogen-bond donors (Lipinski definition) is 2. The van der Waals surface area contributed by atoms with Crippen molar-refractivity contribution in [2.24, 2.45) is 11.7 Å². The van der Waals surface area contributed by atoms with Crippen LogP contribution in [0.25, 0.3) is 0 Å². The third-order valence-electron chi connectivity index (χ3n) is 3.46. The van der Waals surface area contributed by atoms with Crippen molar-refractivity contribution in [3.05, 3.63) is 0 Å². The number of rotatable bonds is 2. The number of carbonyl (C=O) groups excluding carboxylic acids is 2. The summed E-state index contributed by atoms with van der Waals surface area (Å²) < 4.78 is 5.21. The van der Waals surface area contributed by atoms with Crippen molar-refractivity contribution >= 4 is 12.0 Å². The van der Waals surface area contributed by atoms with Gasteiger partial charge in [0.25, 0.3) is 0 Å². The first-order chi connectivity index (χ1) is 8.17. The first-order valence-corrected chi connectivity index (χ1v) is 6.48. The van der Waals surface area contributed by atoms with Crippen molar-refractivity contribution in [1.82, 2.24) is 5.32 Å². The number of carbonyl (C=O) groups is 2. The zero-order chi connectivity index (χ0) is 14.0. The average molecular weight is 256 g/mol. The molecule has 5 nitrogen and oxygen atoms in total. The van der Waals surface area contributed by atoms with E-state index in [4.69, 9.17) is 10.5 Å². The lowest BCUT2D eigenvalue weighted by Gasteiger charge is -2.40. The first-order valence-electron chi connectivity index (χ1n) is 6.48. The van der Waals surface area contributed by atoms with Crippen LogP contribution in [-0.2, 0) is 9.53 Å². The van der Waals surface area contributed by atoms with Gasteiger partial charge in [-0.05, 0) is 39.5 Å². The summed E-state index contributed by atoms with van der Waals surface area (Å²) in [5.41, 5.74) is 3.96. The fraction of sp³-hybridized carbons (Fsp3) is 0.846. The van der Waals surface area contributed by atoms with E-state index < -0.39 is 23.1 Å². The van der Waals surface area contributed by atoms with Crippen LogP contribution in [0.3, 0.4) is 0 Å². The molecule has 0 spiro atoms. The molecule has 1 aliphatic carbocycles. The summed E-state index contributed by atoms with van der Waals surface area (Å²) >= 11 is 0. The Morgan fingerprint density at radius 2 is 1.94 bits per heavy atom. The zero-order valence-electron chi connectivity index (χ0n) is 11.7. The second-order valence-corrected chi connectivity index (χ2v) is 6.11. The zero-order valence-corrected chi connectivity index (χ0v) is 11.7. The maximum atomic E-state index is 11.8. The highest BCUT2D eigenvalue weighted by molar-refractivity contribution is 5.89. The number of hydrogen-bond acceptors (Lipinski definition) is 3. The van der Waals surface area contributed by atoms with Crippen molar-refractivity contribution in [3.63, 3.8) is 0 Å². The summed E-state index contributed by atoms with van der Waals surface area (Å²) in [5, 5.41) is 2.70. The van der Waals surface area contributed by atoms with Gasteiger partial charge in [-0.1, -0.05) is 19.8 Å². The van der Waals surface area contributed by atoms with E-state index in [0.29, 0.717) is 6.42 Å². The van der Waals surface area contributed by atoms with Gasteiger partial charge < -0.3 is 15.8 Å². The van der Waals surface area contributed by atoms with Crippen LogP contribution >= 0.6 is 0 Å². The van der Waals surface area contributed by atoms with Crippen molar-refractivity contribution in [2.75, 3.05) is 0 Å². The quantitative estimate of drug-likeness (QED) is 0.792. The Balaban J connectivity index is 2.80. The van der Waals surface area contributed by atoms with Gasteiger partial charge in [-0.15, -0.1) is 0 Å². The van der Waals surface area contributed by atoms with Gasteiger partial charge in [0.1, 0.15) is 11.1 Å². The number of nitrogens with two attached hydrogens (primary N) is 1. The predicted octanol–water partition coefficient (Wildman–Crippen LogP) is 1.95. The molecule has 1 saturated carbocycles. The molecule has 0 aromatic heterocycles. The highest BCUT2D eigenvalue weighted by Crippen LogP contribution is 2.33. The maximum absolute atomic E-state index is 11.8. The van der Waals surface area contributed by atoms with Crippen LogP contribution in [-0.4, -0.2) is 23.1 Å². The van der Waals surface area contributed by atoms with Gasteiger partial charge in [0.2, 0.25) is 5.91 Å². The van der Waals surface area contributed by atoms with Crippen molar-refractivity contribution in [3.8, 4) is 0 Å². The van der Waals surface area contributed by atoms with Gasteiger partial charge in [0, 0.05) is 0 Å². The van der Waals surface area contributed by atoms with E-state index in [2.05, 4.69) is 5.32 Å². The molecule has 0 saturated heterocycles. The fourth-order valence-electron chi connectivity index (χ4n) is 2.45. The minimum atomic E-state index is -0.958. The molecule has 0 heterocycles. The SMILES string of the molecule is C[C@H]1CCCC[C@]1(NC(=O)OC(C)(C)C)C(N)=O. The van der Waals surface area contributed by atoms with E-state index in [1.54, 1.807) is 20.8 Å². The van der Waals surface area contributed by atoms with Crippen LogP contribution in [0.1, 0.15) is 53.4 Å². The molecule has 5 heteroatoms. The second kappa shape index (κ2) is 5.16. The molecule has 3 N–H and O–H groups in total. The van der Waals surface area contributed by atoms with Gasteiger partial charge >= 0.3 is 6.09 Å². The number of primary amides is 1. The number of nitrogens with one attached hydrogen (secondary N) is 1. The Kier molecular flexibility index (Phi) is 4.24. The van der Waals surface area contributed by atoms with E-state index in [9.17, 15) is 9.59 Å². The Labute approximate surface area is 108 Å². The standard InChI is InChI=1S/C13H24N2O3/c1-9-7-5-6-8-13(9,10(14)16)15-11(17)18-12(2,3)4/h9H,5-8H2,1-4H3,(H2,14,16)(H,15,17)/t9-,13+/m0/s1. The lowest BCUT2D eigenvalue weighted by molar-refractivity contribution is -0.127. The molecular formula is C13H24N2O3. The Morgan fingerprint density at radius 3 is 2.39 bits per heavy atom. The highest BCUT2D eigenvalue weighted by atomic mass is 16.6. The molecule has 2 atom stereocenters. The molecule has 0 radical (unpaired) electrons. The summed E-state index contributed by atoms with van der Waals surface area (Å²) in [6.45, 7) is 7.30. The van der Waals surface area contributed by atoms with Gasteiger partial charge in [-0.25, -0.2) is 4.79 Å². The summed E-state index contributed by atoms with van der Waals surface area (Å²) in [6, 6.07) is 0. The predicted molar refractivity (Wildman–Crippen MR) is 68.9 cm³/mol. The van der Waals surface area contributed by atoms with E-state index in [1.165, 1.54) is 0 Å². The summed E-state index contributed by atoms with van der Waals surface area (Å²) in [4.78, 5) is 23.6. The number of amides is 2. The smallest absolute Gasteiger partial charge is 0.408 e. The fourth-order valence-corrected chi connectivity index (χ4v) is 2.45. The number of alkyl carbamates (subject to hydrolysis) is 1. The number of ether oxygens (including phenoxy) is 1. The Bertz CT molecular complexity index is 336. The normalized spacial score (nSPS) is 28.6. The molecule has 1 rings (SSSR count). The Morgan fingerprint density at radius 1 is 1.33 bits per heavy atom. The van der Waals surface area contributed by atoms with Gasteiger partial charge in [-0.3, -0.25) is 4.79 Å². The minimum Gasteiger partial charge on any atom is -0.444 e. The summed E-state index contributed by atoms with van der Waals surface area (Å²) in [6.07, 6.45) is 2.85. The lowest BCUT2D eigenvalue weighted by Crippen LogP contribution is -2.63. The van der Waals surface area contributed by atoms with Crippen LogP contribution in [0.4, 0.5) is 4.79 Å². The second-order valence-electron chi connectivity index (χ2n) is 6.11. The van der Waals surface area contributed by atoms with E-state index in [-0.39, 0.29) is 5.92 Å². The topological polar surface area (TPSA) is 81.4 Å². The van der Waals surface area contributed by atoms with Crippen molar-refractivity contribution in [1.29, 1.82) is 0 Å². The molecule has 0 aromatic rings. The van der Waals surface area contributed by atoms with Crippen molar-refractivity contribution < 1.29 is 14.3 Å². The monoisotopic (exact) mass is 256 g/mol. The van der Waals surface area contributed by atoms with E-state index in [0.717, 1.165) is 19.3 Å². The van der Waals surface area contributed by atoms with Crippen molar-refractivity contribution in [2.45, 2.75) is 64.5 Å². The molecule has 1 aliphatic rings. The molecule has 0 bridgehead atoms. The van der Waals surface area contributed by atoms with Gasteiger partial charge in [0.15, 0.2) is 0 Å². The van der Waals surface area contributed by atoms with E-state index in [1.807, 2.05) is 6.92 Å². The highest BCUT2D eigenvalue weighted by Gasteiger charge is 2.45. The molecule has 0 aliphatic heterocycles. The lowest BCUT2D eigenvalue weighted by atomic mass is 9.73. The minimum absolute atomic E-state index is 0.0382. The van der Waals surface area contributed by atoms with Gasteiger partial charge in [0.05, 0.1) is 0 Å². The third kappa shape index (κ3) is 3.37. The summed E-state index contributed by atoms with van der Waals surface area (Å²) in [5.74, 6) is -0.433. The van der Waals surface area contributed by atoms with Gasteiger partial charge in [-0.2, -0.15) is 0 Å². The third-order valence-corrected chi connectivity index (χ3v) is 3.46.